The number of anilines is 3. The number of amides is 2. The first kappa shape index (κ1) is 17.1. The molecule has 0 aliphatic carbocycles. The molecule has 4 aromatic rings. The molecule has 5 rings (SSSR count). The Morgan fingerprint density at radius 1 is 1.07 bits per heavy atom. The standard InChI is InChI=1S/C19H11N5O4S/c25-17(26)15-14-13-12(6-7-20-16(13)29-15)24(19(27)23-14)18-21-8-11(9-22-18)28-10-4-2-1-3-5-10/h1-9H,(H,23,27)(H,25,26). The van der Waals surface area contributed by atoms with E-state index in [-0.39, 0.29) is 16.5 Å². The topological polar surface area (TPSA) is 118 Å². The molecule has 0 bridgehead atoms. The molecular weight excluding hydrogens is 394 g/mol. The first-order chi connectivity index (χ1) is 14.1. The summed E-state index contributed by atoms with van der Waals surface area (Å²) >= 11 is 1.00. The number of benzene rings is 1. The second-order valence-corrected chi connectivity index (χ2v) is 7.02. The maximum absolute atomic E-state index is 12.7. The summed E-state index contributed by atoms with van der Waals surface area (Å²) in [6.07, 6.45) is 4.45. The number of ether oxygens (including phenoxy) is 1. The fourth-order valence-corrected chi connectivity index (χ4v) is 3.99. The number of carbonyl (C=O) groups excluding carboxylic acids is 1. The predicted molar refractivity (Wildman–Crippen MR) is 106 cm³/mol. The van der Waals surface area contributed by atoms with Crippen molar-refractivity contribution < 1.29 is 19.4 Å². The first-order valence-corrected chi connectivity index (χ1v) is 9.24. The Labute approximate surface area is 167 Å². The summed E-state index contributed by atoms with van der Waals surface area (Å²) in [7, 11) is 0. The third kappa shape index (κ3) is 2.82. The zero-order valence-electron chi connectivity index (χ0n) is 14.6. The number of para-hydroxylation sites is 1. The Bertz CT molecular complexity index is 1260. The van der Waals surface area contributed by atoms with Gasteiger partial charge in [-0.05, 0) is 18.2 Å². The summed E-state index contributed by atoms with van der Waals surface area (Å²) in [6.45, 7) is 0. The van der Waals surface area contributed by atoms with E-state index in [0.29, 0.717) is 27.4 Å². The minimum absolute atomic E-state index is 0.0282. The average molecular weight is 405 g/mol. The van der Waals surface area contributed by atoms with Crippen LogP contribution in [0.1, 0.15) is 9.67 Å². The monoisotopic (exact) mass is 405 g/mol. The van der Waals surface area contributed by atoms with Gasteiger partial charge in [0.25, 0.3) is 0 Å². The highest BCUT2D eigenvalue weighted by Gasteiger charge is 2.33. The molecule has 0 atom stereocenters. The number of urea groups is 1. The van der Waals surface area contributed by atoms with Crippen molar-refractivity contribution in [3.63, 3.8) is 0 Å². The lowest BCUT2D eigenvalue weighted by Gasteiger charge is -2.26. The summed E-state index contributed by atoms with van der Waals surface area (Å²) in [5.41, 5.74) is 0.708. The minimum Gasteiger partial charge on any atom is -0.477 e. The predicted octanol–water partition coefficient (Wildman–Crippen LogP) is 4.26. The molecule has 1 aliphatic rings. The van der Waals surface area contributed by atoms with E-state index in [2.05, 4.69) is 20.3 Å². The molecule has 0 spiro atoms. The van der Waals surface area contributed by atoms with Crippen LogP contribution in [0.2, 0.25) is 0 Å². The van der Waals surface area contributed by atoms with Crippen molar-refractivity contribution in [1.29, 1.82) is 0 Å². The Morgan fingerprint density at radius 3 is 2.55 bits per heavy atom. The molecule has 0 unspecified atom stereocenters. The molecule has 142 valence electrons. The van der Waals surface area contributed by atoms with Crippen molar-refractivity contribution in [3.8, 4) is 11.5 Å². The third-order valence-corrected chi connectivity index (χ3v) is 5.32. The van der Waals surface area contributed by atoms with Crippen LogP contribution in [0.25, 0.3) is 10.2 Å². The van der Waals surface area contributed by atoms with Crippen LogP contribution < -0.4 is 15.0 Å². The molecule has 0 saturated carbocycles. The van der Waals surface area contributed by atoms with Crippen molar-refractivity contribution in [2.24, 2.45) is 0 Å². The number of nitrogens with one attached hydrogen (secondary N) is 1. The minimum atomic E-state index is -1.12. The van der Waals surface area contributed by atoms with Gasteiger partial charge in [-0.25, -0.2) is 29.4 Å². The average Bonchev–Trinajstić information content (AvgIpc) is 3.10. The van der Waals surface area contributed by atoms with Crippen LogP contribution >= 0.6 is 11.3 Å². The van der Waals surface area contributed by atoms with Crippen LogP contribution in [0.5, 0.6) is 11.5 Å². The Balaban J connectivity index is 1.54. The molecule has 29 heavy (non-hydrogen) atoms. The number of hydrogen-bond donors (Lipinski definition) is 2. The van der Waals surface area contributed by atoms with Gasteiger partial charge in [-0.3, -0.25) is 0 Å². The molecule has 0 saturated heterocycles. The fourth-order valence-electron chi connectivity index (χ4n) is 3.04. The van der Waals surface area contributed by atoms with Gasteiger partial charge >= 0.3 is 12.0 Å². The van der Waals surface area contributed by atoms with E-state index in [1.54, 1.807) is 18.2 Å². The number of carbonyl (C=O) groups is 2. The van der Waals surface area contributed by atoms with Gasteiger partial charge in [-0.15, -0.1) is 11.3 Å². The van der Waals surface area contributed by atoms with Gasteiger partial charge in [0.15, 0.2) is 5.75 Å². The van der Waals surface area contributed by atoms with E-state index < -0.39 is 12.0 Å². The quantitative estimate of drug-likeness (QED) is 0.521. The Kier molecular flexibility index (Phi) is 3.85. The molecule has 10 heteroatoms. The van der Waals surface area contributed by atoms with Crippen molar-refractivity contribution in [3.05, 3.63) is 59.9 Å². The first-order valence-electron chi connectivity index (χ1n) is 8.42. The van der Waals surface area contributed by atoms with Gasteiger partial charge in [0.05, 0.1) is 29.2 Å². The van der Waals surface area contributed by atoms with Crippen LogP contribution in [0.4, 0.5) is 22.1 Å². The number of aromatic carboxylic acids is 1. The zero-order chi connectivity index (χ0) is 20.0. The number of hydrogen-bond acceptors (Lipinski definition) is 7. The van der Waals surface area contributed by atoms with Crippen LogP contribution in [-0.2, 0) is 0 Å². The third-order valence-electron chi connectivity index (χ3n) is 4.23. The molecule has 9 nitrogen and oxygen atoms in total. The second kappa shape index (κ2) is 6.53. The number of nitrogens with zero attached hydrogens (tertiary/aromatic N) is 4. The largest absolute Gasteiger partial charge is 0.477 e. The van der Waals surface area contributed by atoms with Gasteiger partial charge in [-0.2, -0.15) is 0 Å². The SMILES string of the molecule is O=C(O)c1sc2nccc3c2c1NC(=O)N3c1ncc(Oc2ccccc2)cn1. The van der Waals surface area contributed by atoms with Gasteiger partial charge in [0.2, 0.25) is 5.95 Å². The molecule has 0 fully saturated rings. The summed E-state index contributed by atoms with van der Waals surface area (Å²) < 4.78 is 5.67. The lowest BCUT2D eigenvalue weighted by atomic mass is 10.2. The number of aromatic nitrogens is 3. The van der Waals surface area contributed by atoms with Crippen molar-refractivity contribution >= 4 is 50.9 Å². The summed E-state index contributed by atoms with van der Waals surface area (Å²) in [4.78, 5) is 38.8. The van der Waals surface area contributed by atoms with E-state index in [1.165, 1.54) is 23.5 Å². The van der Waals surface area contributed by atoms with Crippen LogP contribution in [0.15, 0.2) is 55.0 Å². The van der Waals surface area contributed by atoms with Crippen molar-refractivity contribution in [1.82, 2.24) is 15.0 Å². The second-order valence-electron chi connectivity index (χ2n) is 6.02. The van der Waals surface area contributed by atoms with E-state index in [4.69, 9.17) is 4.74 Å². The Hall–Kier alpha value is -4.05. The molecule has 4 heterocycles. The molecule has 1 aromatic carbocycles. The van der Waals surface area contributed by atoms with Crippen LogP contribution in [-0.4, -0.2) is 32.1 Å². The van der Waals surface area contributed by atoms with Gasteiger partial charge < -0.3 is 15.2 Å². The number of carboxylic acids is 1. The molecule has 3 aromatic heterocycles. The fraction of sp³-hybridized carbons (Fsp3) is 0. The van der Waals surface area contributed by atoms with E-state index in [9.17, 15) is 14.7 Å². The Morgan fingerprint density at radius 2 is 1.83 bits per heavy atom. The highest BCUT2D eigenvalue weighted by molar-refractivity contribution is 7.21. The summed E-state index contributed by atoms with van der Waals surface area (Å²) in [5, 5.41) is 12.6. The highest BCUT2D eigenvalue weighted by atomic mass is 32.1. The van der Waals surface area contributed by atoms with Gasteiger partial charge in [0, 0.05) is 6.20 Å². The lowest BCUT2D eigenvalue weighted by molar-refractivity contribution is 0.0703. The number of pyridine rings is 1. The van der Waals surface area contributed by atoms with E-state index >= 15 is 0 Å². The van der Waals surface area contributed by atoms with E-state index in [1.807, 2.05) is 18.2 Å². The van der Waals surface area contributed by atoms with E-state index in [0.717, 1.165) is 11.3 Å². The van der Waals surface area contributed by atoms with Crippen molar-refractivity contribution in [2.75, 3.05) is 10.2 Å². The number of rotatable bonds is 4. The smallest absolute Gasteiger partial charge is 0.348 e. The molecule has 0 radical (unpaired) electrons. The highest BCUT2D eigenvalue weighted by Crippen LogP contribution is 2.44. The van der Waals surface area contributed by atoms with Crippen molar-refractivity contribution in [2.45, 2.75) is 0 Å². The molecule has 1 aliphatic heterocycles. The molecule has 2 N–H and O–H groups in total. The normalized spacial score (nSPS) is 12.7. The molecule has 2 amide bonds. The summed E-state index contributed by atoms with van der Waals surface area (Å²) in [6, 6.07) is 10.3. The maximum Gasteiger partial charge on any atom is 0.348 e. The molecular formula is C19H11N5O4S. The zero-order valence-corrected chi connectivity index (χ0v) is 15.4. The number of carboxylic acid groups (broad SMARTS) is 1. The van der Waals surface area contributed by atoms with Crippen LogP contribution in [0.3, 0.4) is 0 Å². The number of thiophene rings is 1. The van der Waals surface area contributed by atoms with Gasteiger partial charge in [0.1, 0.15) is 15.5 Å². The summed E-state index contributed by atoms with van der Waals surface area (Å²) in [5.74, 6) is 0.0617. The van der Waals surface area contributed by atoms with Gasteiger partial charge in [-0.1, -0.05) is 18.2 Å². The van der Waals surface area contributed by atoms with Crippen LogP contribution in [0, 0.1) is 0 Å². The maximum atomic E-state index is 12.7. The lowest BCUT2D eigenvalue weighted by Crippen LogP contribution is -2.35.